The molecule has 1 aliphatic carbocycles. The zero-order valence-electron chi connectivity index (χ0n) is 26.0. The Morgan fingerprint density at radius 3 is 1.31 bits per heavy atom. The van der Waals surface area contributed by atoms with E-state index in [0.717, 1.165) is 6.42 Å². The van der Waals surface area contributed by atoms with Gasteiger partial charge in [0.1, 0.15) is 0 Å². The van der Waals surface area contributed by atoms with Crippen LogP contribution in [0.5, 0.6) is 0 Å². The molecule has 0 fully saturated rings. The molecule has 3 heteroatoms. The Kier molecular flexibility index (Phi) is 13.3. The Labute approximate surface area is 277 Å². The third-order valence-electron chi connectivity index (χ3n) is 7.22. The van der Waals surface area contributed by atoms with E-state index in [1.54, 1.807) is 0 Å². The summed E-state index contributed by atoms with van der Waals surface area (Å²) >= 11 is 2.08. The van der Waals surface area contributed by atoms with Crippen LogP contribution in [0.4, 0.5) is 0 Å². The summed E-state index contributed by atoms with van der Waals surface area (Å²) in [6.07, 6.45) is 10.0. The maximum atomic E-state index is 2.99. The van der Waals surface area contributed by atoms with E-state index >= 15 is 0 Å². The van der Waals surface area contributed by atoms with E-state index in [-0.39, 0.29) is 24.8 Å². The van der Waals surface area contributed by atoms with Crippen LogP contribution in [0.25, 0.3) is 43.8 Å². The minimum absolute atomic E-state index is 0. The predicted molar refractivity (Wildman–Crippen MR) is 174 cm³/mol. The van der Waals surface area contributed by atoms with Gasteiger partial charge in [0.25, 0.3) is 0 Å². The van der Waals surface area contributed by atoms with E-state index in [2.05, 4.69) is 154 Å². The standard InChI is InChI=1S/C31H29.C5H5.C3H6.2ClH.Ti/c1-18-11-20(3)30(21(4)12-18)24-7-9-28-26(15-24)17-27-16-25(8-10-29(27)28)31-22(5)13-19(2)14-23(31)6;1-2-4-5-3-1;1-3-2;;;/h7-17H,1-6H3;1-3H,4H2;1-2H3;2*1H;/q2*-1;;;;+2/p-2. The normalized spacial score (nSPS) is 11.3. The van der Waals surface area contributed by atoms with Crippen molar-refractivity contribution in [1.82, 2.24) is 0 Å². The second-order valence-electron chi connectivity index (χ2n) is 11.3. The van der Waals surface area contributed by atoms with Gasteiger partial charge in [0.2, 0.25) is 0 Å². The van der Waals surface area contributed by atoms with Gasteiger partial charge in [-0.2, -0.15) is 6.08 Å². The fourth-order valence-corrected chi connectivity index (χ4v) is 5.94. The van der Waals surface area contributed by atoms with Crippen molar-refractivity contribution in [1.29, 1.82) is 0 Å². The molecule has 5 aromatic carbocycles. The van der Waals surface area contributed by atoms with Crippen molar-refractivity contribution < 1.29 is 44.8 Å². The van der Waals surface area contributed by atoms with E-state index in [4.69, 9.17) is 0 Å². The minimum atomic E-state index is 0. The van der Waals surface area contributed by atoms with Crippen molar-refractivity contribution in [3.05, 3.63) is 124 Å². The van der Waals surface area contributed by atoms with Gasteiger partial charge in [-0.05, 0) is 74.9 Å². The molecule has 0 aromatic heterocycles. The van der Waals surface area contributed by atoms with Crippen LogP contribution in [-0.2, 0) is 20.0 Å². The average molecular weight is 628 g/mol. The van der Waals surface area contributed by atoms with Crippen LogP contribution < -0.4 is 24.8 Å². The summed E-state index contributed by atoms with van der Waals surface area (Å²) in [6.45, 7) is 17.4. The first kappa shape index (κ1) is 35.6. The van der Waals surface area contributed by atoms with Crippen LogP contribution in [0, 0.1) is 47.6 Å². The number of halogens is 2. The number of aryl methyl sites for hydroxylation is 6. The summed E-state index contributed by atoms with van der Waals surface area (Å²) in [5, 5.41) is 5.32. The Morgan fingerprint density at radius 2 is 1.02 bits per heavy atom. The van der Waals surface area contributed by atoms with Crippen molar-refractivity contribution >= 4 is 25.4 Å². The maximum absolute atomic E-state index is 2.99. The van der Waals surface area contributed by atoms with Gasteiger partial charge in [0.05, 0.1) is 0 Å². The number of rotatable bonds is 2. The molecule has 1 aliphatic rings. The van der Waals surface area contributed by atoms with Gasteiger partial charge in [-0.15, -0.1) is 46.2 Å². The smallest absolute Gasteiger partial charge is 0.0200 e. The minimum Gasteiger partial charge on any atom is -1.00 e. The van der Waals surface area contributed by atoms with Crippen LogP contribution in [0.15, 0.2) is 85.0 Å². The molecule has 0 aliphatic heterocycles. The summed E-state index contributed by atoms with van der Waals surface area (Å²) in [5.41, 5.74) is 13.4. The summed E-state index contributed by atoms with van der Waals surface area (Å²) < 4.78 is 1.42. The second-order valence-corrected chi connectivity index (χ2v) is 12.9. The SMILES string of the molecule is C[C](C)=[Ti+2].Cc1cc(C)c(-c2ccc3c(c2)[cH-]c2cc(-c4c(C)cc(C)cc4C)ccc23)c(C)c1.[C-]1=CC=CC1.[Cl-].[Cl-]. The fourth-order valence-electron chi connectivity index (χ4n) is 5.94. The number of hydrogen-bond donors (Lipinski definition) is 0. The van der Waals surface area contributed by atoms with Crippen molar-refractivity contribution in [2.75, 3.05) is 0 Å². The summed E-state index contributed by atoms with van der Waals surface area (Å²) in [7, 11) is 0. The molecule has 0 radical (unpaired) electrons. The molecule has 0 nitrogen and oxygen atoms in total. The summed E-state index contributed by atoms with van der Waals surface area (Å²) in [6, 6.07) is 25.4. The quantitative estimate of drug-likeness (QED) is 0.192. The summed E-state index contributed by atoms with van der Waals surface area (Å²) in [5.74, 6) is 0. The molecule has 0 amide bonds. The molecule has 0 N–H and O–H groups in total. The molecule has 6 rings (SSSR count). The maximum Gasteiger partial charge on any atom is -0.0200 e. The van der Waals surface area contributed by atoms with Crippen LogP contribution in [0.3, 0.4) is 0 Å². The third-order valence-corrected chi connectivity index (χ3v) is 7.22. The zero-order chi connectivity index (χ0) is 29.0. The van der Waals surface area contributed by atoms with E-state index in [1.165, 1.54) is 81.0 Å². The molecule has 0 spiro atoms. The van der Waals surface area contributed by atoms with E-state index in [1.807, 2.05) is 12.2 Å². The topological polar surface area (TPSA) is 0 Å². The van der Waals surface area contributed by atoms with Gasteiger partial charge >= 0.3 is 37.6 Å². The Hall–Kier alpha value is -2.61. The van der Waals surface area contributed by atoms with Crippen LogP contribution in [0.1, 0.15) is 53.6 Å². The van der Waals surface area contributed by atoms with E-state index in [0.29, 0.717) is 0 Å². The Balaban J connectivity index is 0.000000487. The summed E-state index contributed by atoms with van der Waals surface area (Å²) in [4.78, 5) is 0. The molecule has 0 heterocycles. The van der Waals surface area contributed by atoms with Gasteiger partial charge < -0.3 is 24.8 Å². The molecule has 0 unspecified atom stereocenters. The van der Waals surface area contributed by atoms with Crippen molar-refractivity contribution in [3.8, 4) is 22.3 Å². The molecule has 0 bridgehead atoms. The molecule has 5 aromatic rings. The molecular formula is C39H40Cl2Ti-2. The average Bonchev–Trinajstić information content (AvgIpc) is 3.54. The largest absolute Gasteiger partial charge is 1.00 e. The van der Waals surface area contributed by atoms with Gasteiger partial charge in [0, 0.05) is 0 Å². The number of hydrogen-bond acceptors (Lipinski definition) is 0. The van der Waals surface area contributed by atoms with Crippen LogP contribution in [0.2, 0.25) is 0 Å². The fraction of sp³-hybridized carbons (Fsp3) is 0.231. The van der Waals surface area contributed by atoms with Gasteiger partial charge in [-0.3, -0.25) is 6.08 Å². The molecule has 0 atom stereocenters. The first-order valence-electron chi connectivity index (χ1n) is 14.1. The van der Waals surface area contributed by atoms with Crippen molar-refractivity contribution in [3.63, 3.8) is 0 Å². The first-order valence-corrected chi connectivity index (χ1v) is 14.9. The monoisotopic (exact) mass is 626 g/mol. The molecule has 0 saturated carbocycles. The second kappa shape index (κ2) is 15.7. The zero-order valence-corrected chi connectivity index (χ0v) is 29.1. The number of allylic oxidation sites excluding steroid dienone is 4. The Morgan fingerprint density at radius 1 is 0.643 bits per heavy atom. The predicted octanol–water partition coefficient (Wildman–Crippen LogP) is 4.96. The van der Waals surface area contributed by atoms with Crippen molar-refractivity contribution in [2.45, 2.75) is 61.8 Å². The van der Waals surface area contributed by atoms with E-state index < -0.39 is 0 Å². The molecule has 42 heavy (non-hydrogen) atoms. The van der Waals surface area contributed by atoms with Crippen molar-refractivity contribution in [2.24, 2.45) is 0 Å². The third kappa shape index (κ3) is 8.49. The first-order chi connectivity index (χ1) is 19.0. The van der Waals surface area contributed by atoms with Gasteiger partial charge in [-0.25, -0.2) is 12.2 Å². The number of fused-ring (bicyclic) bond motifs is 3. The van der Waals surface area contributed by atoms with Gasteiger partial charge in [0.15, 0.2) is 0 Å². The number of benzene rings is 4. The molecule has 216 valence electrons. The van der Waals surface area contributed by atoms with Crippen LogP contribution >= 0.6 is 0 Å². The van der Waals surface area contributed by atoms with Gasteiger partial charge in [-0.1, -0.05) is 70.8 Å². The van der Waals surface area contributed by atoms with E-state index in [9.17, 15) is 0 Å². The van der Waals surface area contributed by atoms with Crippen LogP contribution in [-0.4, -0.2) is 3.81 Å². The molecular weight excluding hydrogens is 587 g/mol. The molecule has 0 saturated heterocycles. The Bertz CT molecular complexity index is 1590.